The molecule has 0 aliphatic carbocycles. The molecule has 0 radical (unpaired) electrons. The minimum Gasteiger partial charge on any atom is -0.496 e. The highest BCUT2D eigenvalue weighted by Crippen LogP contribution is 2.17. The van der Waals surface area contributed by atoms with Gasteiger partial charge in [-0.05, 0) is 37.1 Å². The Hall–Kier alpha value is -0.990. The van der Waals surface area contributed by atoms with E-state index in [1.807, 2.05) is 25.1 Å². The third kappa shape index (κ3) is 4.25. The second-order valence-corrected chi connectivity index (χ2v) is 3.91. The van der Waals surface area contributed by atoms with Gasteiger partial charge in [0.05, 0.1) is 7.11 Å². The second-order valence-electron chi connectivity index (χ2n) is 3.69. The van der Waals surface area contributed by atoms with Gasteiger partial charge in [0.2, 0.25) is 0 Å². The van der Waals surface area contributed by atoms with Crippen LogP contribution in [0.5, 0.6) is 5.75 Å². The van der Waals surface area contributed by atoms with Crippen LogP contribution in [0.2, 0.25) is 0 Å². The van der Waals surface area contributed by atoms with Crippen molar-refractivity contribution in [2.75, 3.05) is 20.2 Å². The summed E-state index contributed by atoms with van der Waals surface area (Å²) < 4.78 is 5.28. The van der Waals surface area contributed by atoms with Gasteiger partial charge in [0.25, 0.3) is 0 Å². The highest BCUT2D eigenvalue weighted by atomic mass is 35.5. The third-order valence-corrected chi connectivity index (χ3v) is 2.73. The van der Waals surface area contributed by atoms with Crippen LogP contribution in [0.25, 0.3) is 0 Å². The first-order valence-corrected chi connectivity index (χ1v) is 5.80. The van der Waals surface area contributed by atoms with Gasteiger partial charge >= 0.3 is 0 Å². The summed E-state index contributed by atoms with van der Waals surface area (Å²) in [6.45, 7) is 3.75. The average Bonchev–Trinajstić information content (AvgIpc) is 2.34. The Morgan fingerprint density at radius 2 is 2.19 bits per heavy atom. The van der Waals surface area contributed by atoms with E-state index in [1.165, 1.54) is 5.56 Å². The van der Waals surface area contributed by atoms with Crippen molar-refractivity contribution in [3.8, 4) is 5.75 Å². The summed E-state index contributed by atoms with van der Waals surface area (Å²) in [7, 11) is 1.70. The van der Waals surface area contributed by atoms with E-state index in [0.29, 0.717) is 0 Å². The summed E-state index contributed by atoms with van der Waals surface area (Å²) in [6.07, 6.45) is 0.958. The number of ether oxygens (including phenoxy) is 1. The Balaban J connectivity index is 2.37. The first-order valence-electron chi connectivity index (χ1n) is 5.36. The molecule has 1 aromatic rings. The molecule has 0 aliphatic heterocycles. The molecule has 0 aromatic heterocycles. The molecule has 2 nitrogen and oxygen atoms in total. The van der Waals surface area contributed by atoms with E-state index in [1.54, 1.807) is 12.6 Å². The Bertz CT molecular complexity index is 350. The van der Waals surface area contributed by atoms with E-state index in [-0.39, 0.29) is 0 Å². The number of halogens is 1. The summed E-state index contributed by atoms with van der Waals surface area (Å²) >= 11 is 5.57. The van der Waals surface area contributed by atoms with Crippen LogP contribution < -0.4 is 10.1 Å². The average molecular weight is 240 g/mol. The lowest BCUT2D eigenvalue weighted by molar-refractivity contribution is 0.409. The van der Waals surface area contributed by atoms with Gasteiger partial charge < -0.3 is 10.1 Å². The first-order chi connectivity index (χ1) is 7.77. The number of methoxy groups -OCH3 is 1. The molecule has 88 valence electrons. The van der Waals surface area contributed by atoms with Crippen molar-refractivity contribution in [2.24, 2.45) is 0 Å². The maximum absolute atomic E-state index is 5.57. The Morgan fingerprint density at radius 3 is 2.88 bits per heavy atom. The maximum Gasteiger partial charge on any atom is 0.122 e. The van der Waals surface area contributed by atoms with Crippen molar-refractivity contribution in [3.05, 3.63) is 40.9 Å². The van der Waals surface area contributed by atoms with E-state index in [4.69, 9.17) is 16.3 Å². The molecule has 0 aliphatic rings. The SMILES string of the molecule is COc1ccccc1CCNC/C(C)=C/Cl. The zero-order valence-corrected chi connectivity index (χ0v) is 10.6. The molecule has 0 amide bonds. The van der Waals surface area contributed by atoms with Crippen molar-refractivity contribution in [1.82, 2.24) is 5.32 Å². The van der Waals surface area contributed by atoms with Crippen LogP contribution in [0.1, 0.15) is 12.5 Å². The molecule has 0 heterocycles. The molecule has 1 N–H and O–H groups in total. The number of nitrogens with one attached hydrogen (secondary N) is 1. The number of benzene rings is 1. The summed E-state index contributed by atoms with van der Waals surface area (Å²) in [4.78, 5) is 0. The molecule has 0 unspecified atom stereocenters. The van der Waals surface area contributed by atoms with Crippen LogP contribution in [0, 0.1) is 0 Å². The first kappa shape index (κ1) is 13.1. The molecule has 1 aromatic carbocycles. The van der Waals surface area contributed by atoms with Gasteiger partial charge in [0.15, 0.2) is 0 Å². The third-order valence-electron chi connectivity index (χ3n) is 2.35. The van der Waals surface area contributed by atoms with E-state index in [9.17, 15) is 0 Å². The molecule has 0 saturated heterocycles. The Labute approximate surface area is 102 Å². The van der Waals surface area contributed by atoms with Crippen LogP contribution in [-0.2, 0) is 6.42 Å². The smallest absolute Gasteiger partial charge is 0.122 e. The molecule has 1 rings (SSSR count). The van der Waals surface area contributed by atoms with Crippen molar-refractivity contribution in [1.29, 1.82) is 0 Å². The molecule has 0 spiro atoms. The Morgan fingerprint density at radius 1 is 1.44 bits per heavy atom. The molecule has 0 fully saturated rings. The van der Waals surface area contributed by atoms with Crippen LogP contribution in [0.15, 0.2) is 35.4 Å². The van der Waals surface area contributed by atoms with Gasteiger partial charge in [0, 0.05) is 12.1 Å². The van der Waals surface area contributed by atoms with Crippen molar-refractivity contribution >= 4 is 11.6 Å². The van der Waals surface area contributed by atoms with Crippen LogP contribution >= 0.6 is 11.6 Å². The molecule has 0 atom stereocenters. The minimum atomic E-state index is 0.832. The predicted molar refractivity (Wildman–Crippen MR) is 69.2 cm³/mol. The van der Waals surface area contributed by atoms with Gasteiger partial charge in [-0.15, -0.1) is 0 Å². The molecule has 0 saturated carbocycles. The van der Waals surface area contributed by atoms with Crippen LogP contribution in [0.4, 0.5) is 0 Å². The Kier molecular flexibility index (Phi) is 5.98. The lowest BCUT2D eigenvalue weighted by atomic mass is 10.1. The standard InChI is InChI=1S/C13H18ClNO/c1-11(9-14)10-15-8-7-12-5-3-4-6-13(12)16-2/h3-6,9,15H,7-8,10H2,1-2H3/b11-9+. The minimum absolute atomic E-state index is 0.832. The highest BCUT2D eigenvalue weighted by Gasteiger charge is 2.00. The number of hydrogen-bond donors (Lipinski definition) is 1. The zero-order chi connectivity index (χ0) is 11.8. The monoisotopic (exact) mass is 239 g/mol. The summed E-state index contributed by atoms with van der Waals surface area (Å²) in [5, 5.41) is 3.33. The second kappa shape index (κ2) is 7.31. The fourth-order valence-corrected chi connectivity index (χ4v) is 1.53. The molecule has 3 heteroatoms. The maximum atomic E-state index is 5.57. The van der Waals surface area contributed by atoms with E-state index >= 15 is 0 Å². The summed E-state index contributed by atoms with van der Waals surface area (Å²) in [5.41, 5.74) is 3.97. The molecule has 16 heavy (non-hydrogen) atoms. The van der Waals surface area contributed by atoms with Crippen LogP contribution in [0.3, 0.4) is 0 Å². The van der Waals surface area contributed by atoms with Crippen molar-refractivity contribution in [2.45, 2.75) is 13.3 Å². The lowest BCUT2D eigenvalue weighted by Gasteiger charge is -2.08. The van der Waals surface area contributed by atoms with Gasteiger partial charge in [-0.1, -0.05) is 29.8 Å². The van der Waals surface area contributed by atoms with Gasteiger partial charge in [0.1, 0.15) is 5.75 Å². The van der Waals surface area contributed by atoms with Gasteiger partial charge in [-0.3, -0.25) is 0 Å². The molecular formula is C13H18ClNO. The van der Waals surface area contributed by atoms with E-state index in [0.717, 1.165) is 30.8 Å². The highest BCUT2D eigenvalue weighted by molar-refractivity contribution is 6.25. The molecule has 0 bridgehead atoms. The van der Waals surface area contributed by atoms with E-state index < -0.39 is 0 Å². The fourth-order valence-electron chi connectivity index (χ4n) is 1.46. The van der Waals surface area contributed by atoms with Crippen molar-refractivity contribution < 1.29 is 4.74 Å². The number of para-hydroxylation sites is 1. The van der Waals surface area contributed by atoms with Crippen molar-refractivity contribution in [3.63, 3.8) is 0 Å². The zero-order valence-electron chi connectivity index (χ0n) is 9.79. The van der Waals surface area contributed by atoms with Gasteiger partial charge in [-0.2, -0.15) is 0 Å². The summed E-state index contributed by atoms with van der Waals surface area (Å²) in [5.74, 6) is 0.953. The topological polar surface area (TPSA) is 21.3 Å². The largest absolute Gasteiger partial charge is 0.496 e. The summed E-state index contributed by atoms with van der Waals surface area (Å²) in [6, 6.07) is 8.09. The normalized spacial score (nSPS) is 11.6. The van der Waals surface area contributed by atoms with Gasteiger partial charge in [-0.25, -0.2) is 0 Å². The van der Waals surface area contributed by atoms with E-state index in [2.05, 4.69) is 11.4 Å². The fraction of sp³-hybridized carbons (Fsp3) is 0.385. The lowest BCUT2D eigenvalue weighted by Crippen LogP contribution is -2.19. The number of rotatable bonds is 6. The predicted octanol–water partition coefficient (Wildman–Crippen LogP) is 2.97. The van der Waals surface area contributed by atoms with Crippen LogP contribution in [-0.4, -0.2) is 20.2 Å². The quantitative estimate of drug-likeness (QED) is 0.771. The molecular weight excluding hydrogens is 222 g/mol. The number of hydrogen-bond acceptors (Lipinski definition) is 2.